The minimum Gasteiger partial charge on any atom is -0.454 e. The van der Waals surface area contributed by atoms with Gasteiger partial charge in [-0.1, -0.05) is 90.8 Å². The molecule has 2 heteroatoms. The van der Waals surface area contributed by atoms with Gasteiger partial charge in [0.05, 0.1) is 17.0 Å². The van der Waals surface area contributed by atoms with Crippen LogP contribution in [-0.4, -0.2) is 0 Å². The molecule has 6 aromatic carbocycles. The van der Waals surface area contributed by atoms with Gasteiger partial charge in [0.1, 0.15) is 5.58 Å². The molecule has 2 heterocycles. The van der Waals surface area contributed by atoms with Gasteiger partial charge in [0, 0.05) is 37.4 Å². The van der Waals surface area contributed by atoms with Crippen LogP contribution in [-0.2, 0) is 0 Å². The number of thiophene rings is 1. The van der Waals surface area contributed by atoms with Gasteiger partial charge in [-0.25, -0.2) is 0 Å². The second-order valence-corrected chi connectivity index (χ2v) is 9.25. The number of fused-ring (bicyclic) bond motifs is 9. The average Bonchev–Trinajstić information content (AvgIpc) is 3.59. The highest BCUT2D eigenvalue weighted by atomic mass is 32.1. The highest BCUT2D eigenvalue weighted by molar-refractivity contribution is 7.26. The molecule has 8 rings (SSSR count). The van der Waals surface area contributed by atoms with E-state index in [0.717, 1.165) is 30.9 Å². The van der Waals surface area contributed by atoms with E-state index in [1.807, 2.05) is 24.3 Å². The van der Waals surface area contributed by atoms with Crippen LogP contribution in [0.5, 0.6) is 0 Å². The Morgan fingerprint density at radius 3 is 2.09 bits per heavy atom. The van der Waals surface area contributed by atoms with Crippen molar-refractivity contribution < 1.29 is 16.8 Å². The highest BCUT2D eigenvalue weighted by Crippen LogP contribution is 2.45. The molecule has 34 heavy (non-hydrogen) atoms. The van der Waals surface area contributed by atoms with Crippen molar-refractivity contribution in [3.63, 3.8) is 0 Å². The predicted octanol–water partition coefficient (Wildman–Crippen LogP) is 9.93. The van der Waals surface area contributed by atoms with E-state index in [2.05, 4.69) is 18.2 Å². The molecule has 1 nitrogen and oxygen atoms in total. The lowest BCUT2D eigenvalue weighted by Crippen LogP contribution is -1.86. The molecule has 0 amide bonds. The largest absolute Gasteiger partial charge is 0.454 e. The lowest BCUT2D eigenvalue weighted by molar-refractivity contribution is 0.674. The van der Waals surface area contributed by atoms with Gasteiger partial charge in [-0.2, -0.15) is 0 Å². The van der Waals surface area contributed by atoms with Crippen molar-refractivity contribution in [2.45, 2.75) is 0 Å². The summed E-state index contributed by atoms with van der Waals surface area (Å²) in [6.45, 7) is 0. The third-order valence-electron chi connectivity index (χ3n) is 6.41. The summed E-state index contributed by atoms with van der Waals surface area (Å²) in [6, 6.07) is 13.5. The van der Waals surface area contributed by atoms with Crippen LogP contribution in [0.3, 0.4) is 0 Å². The summed E-state index contributed by atoms with van der Waals surface area (Å²) in [5.41, 5.74) is 1.67. The van der Waals surface area contributed by atoms with Crippen LogP contribution in [0, 0.1) is 0 Å². The van der Waals surface area contributed by atoms with Gasteiger partial charge in [0.15, 0.2) is 5.58 Å². The second-order valence-electron chi connectivity index (χ2n) is 8.20. The van der Waals surface area contributed by atoms with Gasteiger partial charge in [-0.15, -0.1) is 11.3 Å². The third kappa shape index (κ3) is 2.38. The zero-order valence-corrected chi connectivity index (χ0v) is 18.3. The first kappa shape index (κ1) is 11.8. The summed E-state index contributed by atoms with van der Waals surface area (Å²) in [7, 11) is 0. The molecule has 0 spiro atoms. The number of hydrogen-bond acceptors (Lipinski definition) is 2. The van der Waals surface area contributed by atoms with E-state index >= 15 is 0 Å². The lowest BCUT2D eigenvalue weighted by atomic mass is 9.91. The quantitative estimate of drug-likeness (QED) is 0.223. The van der Waals surface area contributed by atoms with Crippen molar-refractivity contribution >= 4 is 75.0 Å². The second kappa shape index (κ2) is 6.69. The third-order valence-corrected chi connectivity index (χ3v) is 7.59. The van der Waals surface area contributed by atoms with Gasteiger partial charge < -0.3 is 4.42 Å². The first-order valence-electron chi connectivity index (χ1n) is 15.3. The molecule has 0 N–H and O–H groups in total. The van der Waals surface area contributed by atoms with Crippen molar-refractivity contribution in [2.24, 2.45) is 0 Å². The summed E-state index contributed by atoms with van der Waals surface area (Å²) >= 11 is 1.61. The maximum atomic E-state index is 8.98. The number of para-hydroxylation sites is 1. The zero-order valence-electron chi connectivity index (χ0n) is 26.5. The molecule has 8 aromatic rings. The van der Waals surface area contributed by atoms with E-state index in [0.29, 0.717) is 16.7 Å². The normalized spacial score (nSPS) is 15.8. The topological polar surface area (TPSA) is 13.1 Å². The molecule has 0 aliphatic rings. The molecule has 0 aliphatic carbocycles. The van der Waals surface area contributed by atoms with Crippen molar-refractivity contribution in [2.75, 3.05) is 0 Å². The number of hydrogen-bond donors (Lipinski definition) is 0. The van der Waals surface area contributed by atoms with Gasteiger partial charge >= 0.3 is 0 Å². The highest BCUT2D eigenvalue weighted by Gasteiger charge is 2.19. The van der Waals surface area contributed by atoms with Gasteiger partial charge in [0.2, 0.25) is 0 Å². The molecule has 2 aromatic heterocycles. The summed E-state index contributed by atoms with van der Waals surface area (Å²) in [4.78, 5) is 0. The monoisotopic (exact) mass is 459 g/mol. The summed E-state index contributed by atoms with van der Waals surface area (Å²) < 4.78 is 86.3. The average molecular weight is 460 g/mol. The van der Waals surface area contributed by atoms with Crippen LogP contribution in [0.15, 0.2) is 113 Å². The Hall–Kier alpha value is -4.14. The Bertz CT molecular complexity index is 2480. The molecule has 158 valence electrons. The number of furan rings is 1. The Kier molecular flexibility index (Phi) is 2.33. The van der Waals surface area contributed by atoms with Crippen LogP contribution in [0.4, 0.5) is 0 Å². The molecule has 0 saturated heterocycles. The fourth-order valence-electron chi connectivity index (χ4n) is 4.94. The van der Waals surface area contributed by atoms with E-state index in [1.165, 1.54) is 0 Å². The predicted molar refractivity (Wildman–Crippen MR) is 147 cm³/mol. The van der Waals surface area contributed by atoms with Crippen LogP contribution in [0.2, 0.25) is 0 Å². The van der Waals surface area contributed by atoms with Gasteiger partial charge in [-0.05, 0) is 39.7 Å². The van der Waals surface area contributed by atoms with Crippen LogP contribution < -0.4 is 0 Å². The molecule has 0 atom stereocenters. The maximum Gasteiger partial charge on any atom is 0.153 e. The summed E-state index contributed by atoms with van der Waals surface area (Å²) in [5, 5.41) is 3.56. The standard InChI is InChI=1S/C32H18OS/c1-3-10-21-19(8-1)18-20-9-2-4-11-22(20)29(21)27-14-7-13-24-25-16-17-26-23-12-5-6-15-28(23)34-32(26)31(25)33-30(24)27/h1-18H/i1D,2D,3D,4D,8D,9D,10D,11D,18D. The minimum absolute atomic E-state index is 0.00787. The molecule has 0 fully saturated rings. The summed E-state index contributed by atoms with van der Waals surface area (Å²) in [5.74, 6) is 0. The van der Waals surface area contributed by atoms with E-state index in [9.17, 15) is 0 Å². The van der Waals surface area contributed by atoms with E-state index in [-0.39, 0.29) is 33.2 Å². The Labute approximate surface area is 212 Å². The summed E-state index contributed by atoms with van der Waals surface area (Å²) in [6.07, 6.45) is 0. The van der Waals surface area contributed by atoms with Gasteiger partial charge in [-0.3, -0.25) is 0 Å². The number of benzene rings is 6. The first-order valence-corrected chi connectivity index (χ1v) is 11.6. The fraction of sp³-hybridized carbons (Fsp3) is 0. The Morgan fingerprint density at radius 1 is 0.588 bits per heavy atom. The van der Waals surface area contributed by atoms with Crippen molar-refractivity contribution in [3.8, 4) is 11.1 Å². The molecule has 0 unspecified atom stereocenters. The molecular formula is C32H18OS. The maximum absolute atomic E-state index is 8.98. The van der Waals surface area contributed by atoms with Crippen LogP contribution in [0.1, 0.15) is 12.3 Å². The van der Waals surface area contributed by atoms with Crippen molar-refractivity contribution in [1.82, 2.24) is 0 Å². The molecule has 0 radical (unpaired) electrons. The number of rotatable bonds is 1. The van der Waals surface area contributed by atoms with E-state index in [1.54, 1.807) is 23.5 Å². The molecule has 0 aliphatic heterocycles. The van der Waals surface area contributed by atoms with Crippen LogP contribution in [0.25, 0.3) is 74.8 Å². The van der Waals surface area contributed by atoms with Crippen LogP contribution >= 0.6 is 11.3 Å². The molecular weight excluding hydrogens is 432 g/mol. The smallest absolute Gasteiger partial charge is 0.153 e. The fourth-order valence-corrected chi connectivity index (χ4v) is 6.13. The minimum atomic E-state index is -0.522. The molecule has 0 saturated carbocycles. The Morgan fingerprint density at radius 2 is 1.26 bits per heavy atom. The van der Waals surface area contributed by atoms with Gasteiger partial charge in [0.25, 0.3) is 0 Å². The Balaban J connectivity index is 1.64. The van der Waals surface area contributed by atoms with E-state index < -0.39 is 48.3 Å². The zero-order chi connectivity index (χ0) is 30.1. The molecule has 0 bridgehead atoms. The SMILES string of the molecule is [2H]c1c([2H])c([2H])c2c(-c3cccc4c3oc3c4ccc4c5ccccc5sc43)c3c([2H])c([2H])c([2H])c([2H])c3c([2H])c2c1[2H]. The van der Waals surface area contributed by atoms with Crippen molar-refractivity contribution in [1.29, 1.82) is 0 Å². The first-order chi connectivity index (χ1) is 20.6. The van der Waals surface area contributed by atoms with Crippen molar-refractivity contribution in [3.05, 3.63) is 109 Å². The lowest BCUT2D eigenvalue weighted by Gasteiger charge is -2.12. The van der Waals surface area contributed by atoms with E-state index in [4.69, 9.17) is 16.8 Å².